The first kappa shape index (κ1) is 16.6. The summed E-state index contributed by atoms with van der Waals surface area (Å²) in [4.78, 5) is 12.1. The topological polar surface area (TPSA) is 35.5 Å². The van der Waals surface area contributed by atoms with E-state index in [1.54, 1.807) is 30.3 Å². The predicted molar refractivity (Wildman–Crippen MR) is 92.1 cm³/mol. The Balaban J connectivity index is 2.26. The fraction of sp³-hybridized carbons (Fsp3) is 0.118. The van der Waals surface area contributed by atoms with E-state index in [1.165, 1.54) is 20.3 Å². The Morgan fingerprint density at radius 2 is 1.95 bits per heavy atom. The number of hydrogen-bond donors (Lipinski definition) is 0. The number of methoxy groups -OCH3 is 2. The summed E-state index contributed by atoms with van der Waals surface area (Å²) in [5.41, 5.74) is 1.36. The average molecular weight is 382 g/mol. The third-order valence-corrected chi connectivity index (χ3v) is 3.77. The summed E-state index contributed by atoms with van der Waals surface area (Å²) >= 11 is 9.48. The monoisotopic (exact) mass is 380 g/mol. The smallest absolute Gasteiger partial charge is 0.185 e. The first-order chi connectivity index (χ1) is 10.5. The molecule has 0 N–H and O–H groups in total. The van der Waals surface area contributed by atoms with Gasteiger partial charge >= 0.3 is 0 Å². The molecule has 0 saturated carbocycles. The zero-order chi connectivity index (χ0) is 16.1. The molecule has 0 aliphatic carbocycles. The van der Waals surface area contributed by atoms with Gasteiger partial charge in [-0.3, -0.25) is 4.79 Å². The molecule has 114 valence electrons. The third kappa shape index (κ3) is 3.90. The van der Waals surface area contributed by atoms with E-state index >= 15 is 0 Å². The Hall–Kier alpha value is -1.78. The third-order valence-electron chi connectivity index (χ3n) is 2.99. The largest absolute Gasteiger partial charge is 0.493 e. The standard InChI is InChI=1S/C17H14BrClO3/c1-21-16-9-11(8-14(19)17(16)22-2)6-7-15(20)12-4-3-5-13(18)10-12/h3-10H,1-2H3/b7-6+. The lowest BCUT2D eigenvalue weighted by atomic mass is 10.1. The van der Waals surface area contributed by atoms with Crippen LogP contribution in [0, 0.1) is 0 Å². The van der Waals surface area contributed by atoms with Crippen LogP contribution in [0.4, 0.5) is 0 Å². The highest BCUT2D eigenvalue weighted by Crippen LogP contribution is 2.36. The zero-order valence-corrected chi connectivity index (χ0v) is 14.4. The van der Waals surface area contributed by atoms with Crippen LogP contribution in [0.2, 0.25) is 5.02 Å². The van der Waals surface area contributed by atoms with Gasteiger partial charge in [-0.2, -0.15) is 0 Å². The Bertz CT molecular complexity index is 726. The Labute approximate surface area is 142 Å². The summed E-state index contributed by atoms with van der Waals surface area (Å²) in [6.45, 7) is 0. The van der Waals surface area contributed by atoms with Gasteiger partial charge in [-0.1, -0.05) is 45.7 Å². The van der Waals surface area contributed by atoms with Gasteiger partial charge < -0.3 is 9.47 Å². The fourth-order valence-electron chi connectivity index (χ4n) is 1.94. The van der Waals surface area contributed by atoms with Gasteiger partial charge in [0.2, 0.25) is 0 Å². The molecule has 0 aliphatic heterocycles. The molecule has 3 nitrogen and oxygen atoms in total. The van der Waals surface area contributed by atoms with Crippen LogP contribution < -0.4 is 9.47 Å². The summed E-state index contributed by atoms with van der Waals surface area (Å²) in [6.07, 6.45) is 3.19. The van der Waals surface area contributed by atoms with Crippen molar-refractivity contribution in [3.05, 3.63) is 63.1 Å². The molecule has 0 heterocycles. The van der Waals surface area contributed by atoms with Gasteiger partial charge in [0.1, 0.15) is 0 Å². The van der Waals surface area contributed by atoms with Crippen LogP contribution in [0.3, 0.4) is 0 Å². The number of carbonyl (C=O) groups is 1. The number of halogens is 2. The first-order valence-corrected chi connectivity index (χ1v) is 7.61. The van der Waals surface area contributed by atoms with Gasteiger partial charge in [-0.25, -0.2) is 0 Å². The minimum atomic E-state index is -0.0905. The minimum absolute atomic E-state index is 0.0905. The first-order valence-electron chi connectivity index (χ1n) is 6.44. The SMILES string of the molecule is COc1cc(/C=C/C(=O)c2cccc(Br)c2)cc(Cl)c1OC. The van der Waals surface area contributed by atoms with E-state index in [9.17, 15) is 4.79 Å². The molecule has 0 bridgehead atoms. The van der Waals surface area contributed by atoms with E-state index in [1.807, 2.05) is 12.1 Å². The fourth-order valence-corrected chi connectivity index (χ4v) is 2.64. The lowest BCUT2D eigenvalue weighted by molar-refractivity contribution is 0.104. The lowest BCUT2D eigenvalue weighted by Gasteiger charge is -2.10. The molecule has 0 spiro atoms. The summed E-state index contributed by atoms with van der Waals surface area (Å²) in [5, 5.41) is 0.427. The van der Waals surface area contributed by atoms with Gasteiger partial charge in [-0.15, -0.1) is 0 Å². The Morgan fingerprint density at radius 3 is 2.59 bits per heavy atom. The number of rotatable bonds is 5. The van der Waals surface area contributed by atoms with Crippen LogP contribution in [0.15, 0.2) is 46.9 Å². The molecule has 0 atom stereocenters. The van der Waals surface area contributed by atoms with Gasteiger partial charge in [0.25, 0.3) is 0 Å². The van der Waals surface area contributed by atoms with Gasteiger partial charge in [-0.05, 0) is 35.9 Å². The van der Waals surface area contributed by atoms with Crippen LogP contribution in [-0.2, 0) is 0 Å². The second-order valence-corrected chi connectivity index (χ2v) is 5.77. The van der Waals surface area contributed by atoms with Crippen molar-refractivity contribution in [1.82, 2.24) is 0 Å². The highest BCUT2D eigenvalue weighted by molar-refractivity contribution is 9.10. The number of ether oxygens (including phenoxy) is 2. The number of carbonyl (C=O) groups excluding carboxylic acids is 1. The number of hydrogen-bond acceptors (Lipinski definition) is 3. The minimum Gasteiger partial charge on any atom is -0.493 e. The Morgan fingerprint density at radius 1 is 1.18 bits per heavy atom. The lowest BCUT2D eigenvalue weighted by Crippen LogP contribution is -1.94. The van der Waals surface area contributed by atoms with Crippen LogP contribution in [0.1, 0.15) is 15.9 Å². The van der Waals surface area contributed by atoms with Gasteiger partial charge in [0, 0.05) is 10.0 Å². The van der Waals surface area contributed by atoms with E-state index in [2.05, 4.69) is 15.9 Å². The predicted octanol–water partition coefficient (Wildman–Crippen LogP) is 5.02. The van der Waals surface area contributed by atoms with Crippen molar-refractivity contribution in [3.63, 3.8) is 0 Å². The van der Waals surface area contributed by atoms with Crippen molar-refractivity contribution in [1.29, 1.82) is 0 Å². The molecular weight excluding hydrogens is 368 g/mol. The van der Waals surface area contributed by atoms with Crippen molar-refractivity contribution in [2.24, 2.45) is 0 Å². The van der Waals surface area contributed by atoms with Crippen molar-refractivity contribution >= 4 is 39.4 Å². The highest BCUT2D eigenvalue weighted by Gasteiger charge is 2.10. The quantitative estimate of drug-likeness (QED) is 0.539. The van der Waals surface area contributed by atoms with Crippen molar-refractivity contribution in [2.75, 3.05) is 14.2 Å². The summed E-state index contributed by atoms with van der Waals surface area (Å²) < 4.78 is 11.3. The second-order valence-electron chi connectivity index (χ2n) is 4.45. The molecular formula is C17H14BrClO3. The molecule has 0 fully saturated rings. The molecule has 2 rings (SSSR count). The van der Waals surface area contributed by atoms with Gasteiger partial charge in [0.15, 0.2) is 17.3 Å². The van der Waals surface area contributed by atoms with Crippen LogP contribution >= 0.6 is 27.5 Å². The molecule has 2 aromatic rings. The summed E-state index contributed by atoms with van der Waals surface area (Å²) in [7, 11) is 3.06. The second kappa shape index (κ2) is 7.47. The van der Waals surface area contributed by atoms with Crippen molar-refractivity contribution < 1.29 is 14.3 Å². The molecule has 0 aromatic heterocycles. The van der Waals surface area contributed by atoms with E-state index < -0.39 is 0 Å². The maximum absolute atomic E-state index is 12.1. The maximum Gasteiger partial charge on any atom is 0.185 e. The molecule has 0 unspecified atom stereocenters. The van der Waals surface area contributed by atoms with Crippen LogP contribution in [-0.4, -0.2) is 20.0 Å². The number of ketones is 1. The van der Waals surface area contributed by atoms with Crippen molar-refractivity contribution in [3.8, 4) is 11.5 Å². The summed E-state index contributed by atoms with van der Waals surface area (Å²) in [6, 6.07) is 10.7. The molecule has 22 heavy (non-hydrogen) atoms. The van der Waals surface area contributed by atoms with Crippen LogP contribution in [0.25, 0.3) is 6.08 Å². The maximum atomic E-state index is 12.1. The van der Waals surface area contributed by atoms with E-state index in [0.29, 0.717) is 22.1 Å². The summed E-state index contributed by atoms with van der Waals surface area (Å²) in [5.74, 6) is 0.899. The average Bonchev–Trinajstić information content (AvgIpc) is 2.51. The number of benzene rings is 2. The van der Waals surface area contributed by atoms with Crippen molar-refractivity contribution in [2.45, 2.75) is 0 Å². The number of allylic oxidation sites excluding steroid dienone is 1. The molecule has 2 aromatic carbocycles. The molecule has 0 saturated heterocycles. The van der Waals surface area contributed by atoms with Gasteiger partial charge in [0.05, 0.1) is 19.2 Å². The van der Waals surface area contributed by atoms with E-state index in [-0.39, 0.29) is 5.78 Å². The molecule has 0 amide bonds. The zero-order valence-electron chi connectivity index (χ0n) is 12.1. The molecule has 5 heteroatoms. The molecule has 0 aliphatic rings. The van der Waals surface area contributed by atoms with E-state index in [0.717, 1.165) is 10.0 Å². The normalized spacial score (nSPS) is 10.7. The Kier molecular flexibility index (Phi) is 5.63. The highest BCUT2D eigenvalue weighted by atomic mass is 79.9. The molecule has 0 radical (unpaired) electrons. The van der Waals surface area contributed by atoms with Crippen LogP contribution in [0.5, 0.6) is 11.5 Å². The van der Waals surface area contributed by atoms with E-state index in [4.69, 9.17) is 21.1 Å².